The summed E-state index contributed by atoms with van der Waals surface area (Å²) in [6.07, 6.45) is 5.27. The van der Waals surface area contributed by atoms with E-state index in [2.05, 4.69) is 30.8 Å². The molecule has 14 heteroatoms. The highest BCUT2D eigenvalue weighted by atomic mass is 35.5. The molecule has 0 unspecified atom stereocenters. The molecule has 2 aliphatic rings. The van der Waals surface area contributed by atoms with Crippen LogP contribution in [0, 0.1) is 30.2 Å². The molecule has 4 aromatic carbocycles. The van der Waals surface area contributed by atoms with E-state index in [4.69, 9.17) is 33.2 Å². The van der Waals surface area contributed by atoms with Crippen LogP contribution in [0.1, 0.15) is 18.4 Å². The Hall–Kier alpha value is -6.18. The first-order valence-corrected chi connectivity index (χ1v) is 21.8. The van der Waals surface area contributed by atoms with E-state index in [1.165, 1.54) is 18.2 Å². The van der Waals surface area contributed by atoms with E-state index in [9.17, 15) is 17.6 Å². The van der Waals surface area contributed by atoms with Gasteiger partial charge in [-0.25, -0.2) is 27.5 Å². The van der Waals surface area contributed by atoms with Crippen LogP contribution in [0.4, 0.5) is 29.2 Å². The van der Waals surface area contributed by atoms with Gasteiger partial charge in [-0.15, -0.1) is 0 Å². The van der Waals surface area contributed by atoms with Crippen molar-refractivity contribution in [3.8, 4) is 44.8 Å². The third kappa shape index (κ3) is 8.83. The van der Waals surface area contributed by atoms with Gasteiger partial charge in [0.05, 0.1) is 32.5 Å². The topological polar surface area (TPSA) is 90.9 Å². The summed E-state index contributed by atoms with van der Waals surface area (Å²) in [5.41, 5.74) is 6.78. The average molecular weight is 902 g/mol. The predicted octanol–water partition coefficient (Wildman–Crippen LogP) is 11.7. The lowest BCUT2D eigenvalue weighted by atomic mass is 9.97. The molecular formula is C50H42Cl2F4N8. The Morgan fingerprint density at radius 3 is 1.97 bits per heavy atom. The van der Waals surface area contributed by atoms with E-state index in [0.29, 0.717) is 60.5 Å². The lowest BCUT2D eigenvalue weighted by Gasteiger charge is -2.29. The Kier molecular flexibility index (Phi) is 12.7. The Morgan fingerprint density at radius 1 is 0.609 bits per heavy atom. The van der Waals surface area contributed by atoms with Crippen LogP contribution < -0.4 is 20.9 Å². The first-order chi connectivity index (χ1) is 31.1. The summed E-state index contributed by atoms with van der Waals surface area (Å²) in [6.45, 7) is 7.05. The van der Waals surface area contributed by atoms with Crippen LogP contribution in [0.2, 0.25) is 10.0 Å². The van der Waals surface area contributed by atoms with Gasteiger partial charge in [-0.05, 0) is 104 Å². The van der Waals surface area contributed by atoms with Crippen molar-refractivity contribution < 1.29 is 17.6 Å². The van der Waals surface area contributed by atoms with E-state index in [1.54, 1.807) is 42.7 Å². The number of benzene rings is 4. The lowest BCUT2D eigenvalue weighted by Crippen LogP contribution is -2.43. The van der Waals surface area contributed by atoms with E-state index >= 15 is 0 Å². The summed E-state index contributed by atoms with van der Waals surface area (Å²) >= 11 is 13.0. The first-order valence-electron chi connectivity index (χ1n) is 21.1. The normalized spacial score (nSPS) is 14.4. The fourth-order valence-electron chi connectivity index (χ4n) is 8.40. The summed E-state index contributed by atoms with van der Waals surface area (Å²) in [7, 11) is 0. The molecule has 0 spiro atoms. The second-order valence-corrected chi connectivity index (χ2v) is 16.6. The molecule has 2 aliphatic heterocycles. The maximum Gasteiger partial charge on any atom is 0.166 e. The smallest absolute Gasteiger partial charge is 0.166 e. The molecule has 3 N–H and O–H groups in total. The van der Waals surface area contributed by atoms with Crippen LogP contribution in [-0.2, 0) is 0 Å². The number of hydrogen-bond acceptors (Lipinski definition) is 8. The third-order valence-electron chi connectivity index (χ3n) is 11.6. The molecular weight excluding hydrogens is 860 g/mol. The van der Waals surface area contributed by atoms with Gasteiger partial charge in [0, 0.05) is 83.7 Å². The van der Waals surface area contributed by atoms with Crippen molar-refractivity contribution in [2.75, 3.05) is 49.5 Å². The SMILES string of the molecule is Cc1ccccc1-c1nccc2c(-c3cccc(F)c3F)cc(NC3CCNCC3)nc12.Fc1ccc(-c2cc(N3CCNCC3)nc3c(-c4c(Cl)cccc4Cl)nccc23)c(F)c1. The molecule has 0 aliphatic carbocycles. The Labute approximate surface area is 377 Å². The number of anilines is 2. The minimum atomic E-state index is -0.867. The molecule has 4 aromatic heterocycles. The van der Waals surface area contributed by atoms with Crippen molar-refractivity contribution in [2.45, 2.75) is 25.8 Å². The second-order valence-electron chi connectivity index (χ2n) is 15.7. The van der Waals surface area contributed by atoms with Crippen molar-refractivity contribution in [3.63, 3.8) is 0 Å². The zero-order chi connectivity index (χ0) is 44.3. The van der Waals surface area contributed by atoms with Gasteiger partial charge >= 0.3 is 0 Å². The molecule has 10 rings (SSSR count). The number of rotatable bonds is 7. The molecule has 0 amide bonds. The van der Waals surface area contributed by atoms with E-state index < -0.39 is 23.3 Å². The number of aryl methyl sites for hydroxylation is 1. The van der Waals surface area contributed by atoms with Gasteiger partial charge in [0.1, 0.15) is 23.3 Å². The first kappa shape index (κ1) is 43.1. The lowest BCUT2D eigenvalue weighted by molar-refractivity contribution is 0.478. The van der Waals surface area contributed by atoms with Gasteiger partial charge in [0.25, 0.3) is 0 Å². The molecule has 0 bridgehead atoms. The fourth-order valence-corrected chi connectivity index (χ4v) is 8.98. The number of piperazine rings is 1. The van der Waals surface area contributed by atoms with Crippen molar-refractivity contribution >= 4 is 56.6 Å². The van der Waals surface area contributed by atoms with Crippen molar-refractivity contribution in [3.05, 3.63) is 154 Å². The molecule has 0 atom stereocenters. The minimum Gasteiger partial charge on any atom is -0.367 e. The highest BCUT2D eigenvalue weighted by Crippen LogP contribution is 2.41. The second kappa shape index (κ2) is 18.9. The molecule has 64 heavy (non-hydrogen) atoms. The Balaban J connectivity index is 0.000000162. The highest BCUT2D eigenvalue weighted by Gasteiger charge is 2.23. The van der Waals surface area contributed by atoms with Gasteiger partial charge < -0.3 is 20.9 Å². The van der Waals surface area contributed by atoms with Crippen molar-refractivity contribution in [1.82, 2.24) is 30.6 Å². The van der Waals surface area contributed by atoms with Crippen LogP contribution >= 0.6 is 23.2 Å². The number of nitrogens with one attached hydrogen (secondary N) is 3. The fraction of sp³-hybridized carbons (Fsp3) is 0.200. The monoisotopic (exact) mass is 900 g/mol. The molecule has 8 aromatic rings. The number of pyridine rings is 4. The molecule has 2 saturated heterocycles. The van der Waals surface area contributed by atoms with Crippen LogP contribution in [0.5, 0.6) is 0 Å². The van der Waals surface area contributed by atoms with Gasteiger partial charge in [-0.3, -0.25) is 9.97 Å². The summed E-state index contributed by atoms with van der Waals surface area (Å²) in [6, 6.07) is 28.6. The summed E-state index contributed by atoms with van der Waals surface area (Å²) in [4.78, 5) is 21.1. The average Bonchev–Trinajstić information content (AvgIpc) is 3.30. The number of fused-ring (bicyclic) bond motifs is 2. The maximum absolute atomic E-state index is 14.9. The molecule has 0 radical (unpaired) electrons. The van der Waals surface area contributed by atoms with Crippen LogP contribution in [0.15, 0.2) is 116 Å². The van der Waals surface area contributed by atoms with Crippen molar-refractivity contribution in [1.29, 1.82) is 0 Å². The largest absolute Gasteiger partial charge is 0.367 e. The Morgan fingerprint density at radius 2 is 1.25 bits per heavy atom. The number of halogens is 6. The molecule has 8 nitrogen and oxygen atoms in total. The third-order valence-corrected chi connectivity index (χ3v) is 12.3. The van der Waals surface area contributed by atoms with Gasteiger partial charge in [-0.2, -0.15) is 0 Å². The molecule has 324 valence electrons. The number of hydrogen-bond donors (Lipinski definition) is 3. The van der Waals surface area contributed by atoms with E-state index in [1.807, 2.05) is 49.4 Å². The zero-order valence-corrected chi connectivity index (χ0v) is 36.2. The summed E-state index contributed by atoms with van der Waals surface area (Å²) in [5, 5.41) is 12.5. The predicted molar refractivity (Wildman–Crippen MR) is 250 cm³/mol. The quantitative estimate of drug-likeness (QED) is 0.136. The number of piperidine rings is 1. The number of nitrogens with zero attached hydrogens (tertiary/aromatic N) is 5. The number of aromatic nitrogens is 4. The summed E-state index contributed by atoms with van der Waals surface area (Å²) in [5.74, 6) is -1.66. The van der Waals surface area contributed by atoms with Gasteiger partial charge in [-0.1, -0.05) is 65.7 Å². The standard InChI is InChI=1S/C26H24F2N4.C24H18Cl2F2N4/c1-16-5-2-3-6-18(16)25-26-20(11-14-30-25)21(19-7-4-8-22(27)24(19)28)15-23(32-26)31-17-9-12-29-13-10-17;25-18-2-1-3-19(26)22(18)24-23-16(6-7-30-24)17(15-5-4-14(27)12-20(15)28)13-21(31-23)32-10-8-29-9-11-32/h2-8,11,14-15,17,29H,9-10,12-13H2,1H3,(H,31,32);1-7,12-13,29H,8-11H2. The molecule has 2 fully saturated rings. The van der Waals surface area contributed by atoms with Gasteiger partial charge in [0.15, 0.2) is 11.6 Å². The van der Waals surface area contributed by atoms with E-state index in [-0.39, 0.29) is 17.2 Å². The van der Waals surface area contributed by atoms with Crippen LogP contribution in [-0.4, -0.2) is 65.2 Å². The maximum atomic E-state index is 14.9. The minimum absolute atomic E-state index is 0.215. The molecule has 6 heterocycles. The van der Waals surface area contributed by atoms with E-state index in [0.717, 1.165) is 86.4 Å². The van der Waals surface area contributed by atoms with Crippen molar-refractivity contribution in [2.24, 2.45) is 0 Å². The summed E-state index contributed by atoms with van der Waals surface area (Å²) < 4.78 is 57.4. The van der Waals surface area contributed by atoms with Crippen LogP contribution in [0.3, 0.4) is 0 Å². The van der Waals surface area contributed by atoms with Gasteiger partial charge in [0.2, 0.25) is 0 Å². The zero-order valence-electron chi connectivity index (χ0n) is 34.7. The van der Waals surface area contributed by atoms with Crippen LogP contribution in [0.25, 0.3) is 66.6 Å². The Bertz CT molecular complexity index is 2990. The highest BCUT2D eigenvalue weighted by molar-refractivity contribution is 6.39. The molecule has 0 saturated carbocycles.